The summed E-state index contributed by atoms with van der Waals surface area (Å²) in [6.45, 7) is 0.547. The first kappa shape index (κ1) is 10.2. The van der Waals surface area contributed by atoms with Gasteiger partial charge < -0.3 is 4.48 Å². The monoisotopic (exact) mass is 186 g/mol. The smallest absolute Gasteiger partial charge is 0.238 e. The highest BCUT2D eigenvalue weighted by atomic mass is 35.7. The Labute approximate surface area is 66.6 Å². The molecule has 0 bridgehead atoms. The molecule has 0 aromatic heterocycles. The van der Waals surface area contributed by atoms with Crippen LogP contribution in [0.2, 0.25) is 0 Å². The molecule has 0 heterocycles. The van der Waals surface area contributed by atoms with Gasteiger partial charge in [-0.25, -0.2) is 8.42 Å². The Balaban J connectivity index is 3.79. The van der Waals surface area contributed by atoms with E-state index in [0.717, 1.165) is 0 Å². The second-order valence-corrected chi connectivity index (χ2v) is 6.15. The van der Waals surface area contributed by atoms with E-state index in [9.17, 15) is 8.42 Å². The summed E-state index contributed by atoms with van der Waals surface area (Å²) >= 11 is 0. The van der Waals surface area contributed by atoms with Crippen LogP contribution in [0.15, 0.2) is 0 Å². The van der Waals surface area contributed by atoms with E-state index in [2.05, 4.69) is 0 Å². The second-order valence-electron chi connectivity index (χ2n) is 3.26. The maximum atomic E-state index is 10.4. The van der Waals surface area contributed by atoms with Crippen molar-refractivity contribution in [3.8, 4) is 0 Å². The highest BCUT2D eigenvalue weighted by molar-refractivity contribution is 8.13. The number of rotatable bonds is 3. The number of hydrogen-bond acceptors (Lipinski definition) is 2. The number of quaternary nitrogens is 1. The summed E-state index contributed by atoms with van der Waals surface area (Å²) in [7, 11) is 7.46. The molecule has 0 aromatic rings. The average molecular weight is 187 g/mol. The van der Waals surface area contributed by atoms with Gasteiger partial charge in [0.2, 0.25) is 9.05 Å². The molecule has 0 aliphatic heterocycles. The number of nitrogens with zero attached hydrogens (tertiary/aromatic N) is 1. The Morgan fingerprint density at radius 2 is 1.70 bits per heavy atom. The molecule has 0 radical (unpaired) electrons. The van der Waals surface area contributed by atoms with E-state index >= 15 is 0 Å². The minimum absolute atomic E-state index is 0.0397. The zero-order valence-electron chi connectivity index (χ0n) is 6.46. The van der Waals surface area contributed by atoms with Crippen LogP contribution < -0.4 is 0 Å². The van der Waals surface area contributed by atoms with Crippen molar-refractivity contribution in [2.45, 2.75) is 0 Å². The molecule has 0 aliphatic carbocycles. The van der Waals surface area contributed by atoms with E-state index < -0.39 is 9.05 Å². The molecule has 0 saturated carbocycles. The van der Waals surface area contributed by atoms with E-state index in [0.29, 0.717) is 11.0 Å². The van der Waals surface area contributed by atoms with Gasteiger partial charge in [-0.2, -0.15) is 0 Å². The van der Waals surface area contributed by atoms with Crippen LogP contribution in [-0.2, 0) is 9.05 Å². The fraction of sp³-hybridized carbons (Fsp3) is 1.00. The molecule has 0 amide bonds. The summed E-state index contributed by atoms with van der Waals surface area (Å²) in [5.41, 5.74) is 0. The minimum atomic E-state index is -3.30. The molecule has 5 heteroatoms. The van der Waals surface area contributed by atoms with Crippen molar-refractivity contribution in [3.05, 3.63) is 0 Å². The minimum Gasteiger partial charge on any atom is -0.330 e. The molecule has 0 saturated heterocycles. The van der Waals surface area contributed by atoms with Gasteiger partial charge in [0.1, 0.15) is 5.75 Å². The normalized spacial score (nSPS) is 13.6. The Morgan fingerprint density at radius 3 is 1.80 bits per heavy atom. The molecule has 0 atom stereocenters. The first-order valence-electron chi connectivity index (χ1n) is 2.93. The van der Waals surface area contributed by atoms with Crippen LogP contribution in [0.25, 0.3) is 0 Å². The summed E-state index contributed by atoms with van der Waals surface area (Å²) in [5.74, 6) is 0.0397. The Kier molecular flexibility index (Phi) is 3.13. The van der Waals surface area contributed by atoms with Gasteiger partial charge in [-0.05, 0) is 0 Å². The van der Waals surface area contributed by atoms with Crippen molar-refractivity contribution in [1.29, 1.82) is 0 Å². The molecule has 3 nitrogen and oxygen atoms in total. The average Bonchev–Trinajstić information content (AvgIpc) is 1.57. The standard InChI is InChI=1S/C5H13ClNO2S/c1-7(2,3)4-5-10(6,8)9/h4-5H2,1-3H3/q+1. The Morgan fingerprint density at radius 1 is 1.30 bits per heavy atom. The van der Waals surface area contributed by atoms with Crippen LogP contribution in [0, 0.1) is 0 Å². The fourth-order valence-electron chi connectivity index (χ4n) is 0.383. The first-order valence-corrected chi connectivity index (χ1v) is 5.41. The highest BCUT2D eigenvalue weighted by Crippen LogP contribution is 1.98. The van der Waals surface area contributed by atoms with Crippen molar-refractivity contribution < 1.29 is 12.9 Å². The van der Waals surface area contributed by atoms with Crippen LogP contribution >= 0.6 is 10.7 Å². The van der Waals surface area contributed by atoms with Gasteiger partial charge in [-0.15, -0.1) is 0 Å². The SMILES string of the molecule is C[N+](C)(C)CCS(=O)(=O)Cl. The fourth-order valence-corrected chi connectivity index (χ4v) is 1.36. The predicted octanol–water partition coefficient (Wildman–Crippen LogP) is 0.261. The zero-order chi connectivity index (χ0) is 8.41. The quantitative estimate of drug-likeness (QED) is 0.468. The van der Waals surface area contributed by atoms with Crippen molar-refractivity contribution in [1.82, 2.24) is 0 Å². The molecular weight excluding hydrogens is 174 g/mol. The maximum Gasteiger partial charge on any atom is 0.238 e. The molecule has 0 aliphatic rings. The molecule has 0 aromatic carbocycles. The molecule has 0 fully saturated rings. The maximum absolute atomic E-state index is 10.4. The van der Waals surface area contributed by atoms with Crippen molar-refractivity contribution in [2.75, 3.05) is 33.4 Å². The lowest BCUT2D eigenvalue weighted by Gasteiger charge is -2.22. The molecule has 0 rings (SSSR count). The highest BCUT2D eigenvalue weighted by Gasteiger charge is 2.13. The van der Waals surface area contributed by atoms with E-state index in [4.69, 9.17) is 10.7 Å². The number of hydrogen-bond donors (Lipinski definition) is 0. The van der Waals surface area contributed by atoms with E-state index in [1.165, 1.54) is 0 Å². The lowest BCUT2D eigenvalue weighted by molar-refractivity contribution is -0.867. The summed E-state index contributed by atoms with van der Waals surface area (Å²) in [4.78, 5) is 0. The molecule has 10 heavy (non-hydrogen) atoms. The molecule has 0 N–H and O–H groups in total. The van der Waals surface area contributed by atoms with Crippen LogP contribution in [-0.4, -0.2) is 46.3 Å². The molecule has 0 spiro atoms. The van der Waals surface area contributed by atoms with Crippen LogP contribution in [0.1, 0.15) is 0 Å². The summed E-state index contributed by atoms with van der Waals surface area (Å²) < 4.78 is 21.5. The van der Waals surface area contributed by atoms with Gasteiger partial charge in [-0.1, -0.05) is 0 Å². The first-order chi connectivity index (χ1) is 4.21. The second kappa shape index (κ2) is 3.07. The topological polar surface area (TPSA) is 34.1 Å². The summed E-state index contributed by atoms with van der Waals surface area (Å²) in [6.07, 6.45) is 0. The summed E-state index contributed by atoms with van der Waals surface area (Å²) in [6, 6.07) is 0. The lowest BCUT2D eigenvalue weighted by Crippen LogP contribution is -2.38. The van der Waals surface area contributed by atoms with Crippen molar-refractivity contribution in [3.63, 3.8) is 0 Å². The third-order valence-corrected chi connectivity index (χ3v) is 2.14. The van der Waals surface area contributed by atoms with Crippen molar-refractivity contribution >= 4 is 19.7 Å². The number of halogens is 1. The van der Waals surface area contributed by atoms with Crippen LogP contribution in [0.5, 0.6) is 0 Å². The van der Waals surface area contributed by atoms with Gasteiger partial charge in [-0.3, -0.25) is 0 Å². The van der Waals surface area contributed by atoms with Gasteiger partial charge in [0, 0.05) is 10.7 Å². The van der Waals surface area contributed by atoms with Gasteiger partial charge in [0.05, 0.1) is 27.7 Å². The third-order valence-electron chi connectivity index (χ3n) is 1.01. The van der Waals surface area contributed by atoms with Gasteiger partial charge in [0.15, 0.2) is 0 Å². The van der Waals surface area contributed by atoms with E-state index in [-0.39, 0.29) is 5.75 Å². The zero-order valence-corrected chi connectivity index (χ0v) is 8.04. The molecular formula is C5H13ClNO2S+. The van der Waals surface area contributed by atoms with Gasteiger partial charge >= 0.3 is 0 Å². The molecule has 62 valence electrons. The predicted molar refractivity (Wildman–Crippen MR) is 42.5 cm³/mol. The van der Waals surface area contributed by atoms with E-state index in [1.807, 2.05) is 21.1 Å². The Bertz CT molecular complexity index is 192. The lowest BCUT2D eigenvalue weighted by atomic mass is 10.6. The largest absolute Gasteiger partial charge is 0.330 e. The summed E-state index contributed by atoms with van der Waals surface area (Å²) in [5, 5.41) is 0. The van der Waals surface area contributed by atoms with Crippen molar-refractivity contribution in [2.24, 2.45) is 0 Å². The van der Waals surface area contributed by atoms with Gasteiger partial charge in [0.25, 0.3) is 0 Å². The Hall–Kier alpha value is 0.200. The van der Waals surface area contributed by atoms with Crippen LogP contribution in [0.4, 0.5) is 0 Å². The molecule has 0 unspecified atom stereocenters. The van der Waals surface area contributed by atoms with Crippen LogP contribution in [0.3, 0.4) is 0 Å². The third kappa shape index (κ3) is 8.20. The van der Waals surface area contributed by atoms with E-state index in [1.54, 1.807) is 0 Å².